The largest absolute Gasteiger partial charge is 0.497 e. The Kier molecular flexibility index (Phi) is 3.77. The highest BCUT2D eigenvalue weighted by Gasteiger charge is 2.28. The number of benzene rings is 1. The van der Waals surface area contributed by atoms with Gasteiger partial charge in [-0.1, -0.05) is 12.1 Å². The Morgan fingerprint density at radius 2 is 2.25 bits per heavy atom. The van der Waals surface area contributed by atoms with Crippen molar-refractivity contribution in [1.82, 2.24) is 5.32 Å². The molecule has 0 atom stereocenters. The van der Waals surface area contributed by atoms with Crippen LogP contribution < -0.4 is 10.1 Å². The number of methoxy groups -OCH3 is 1. The highest BCUT2D eigenvalue weighted by Crippen LogP contribution is 2.33. The third-order valence-corrected chi connectivity index (χ3v) is 4.13. The number of allylic oxidation sites excluding steroid dienone is 1. The molecule has 106 valence electrons. The highest BCUT2D eigenvalue weighted by atomic mass is 16.5. The van der Waals surface area contributed by atoms with Crippen molar-refractivity contribution in [3.63, 3.8) is 0 Å². The lowest BCUT2D eigenvalue weighted by molar-refractivity contribution is -0.122. The first kappa shape index (κ1) is 13.2. The lowest BCUT2D eigenvalue weighted by Crippen LogP contribution is -2.25. The van der Waals surface area contributed by atoms with Crippen molar-refractivity contribution in [3.8, 4) is 5.75 Å². The molecule has 0 unspecified atom stereocenters. The van der Waals surface area contributed by atoms with Crippen LogP contribution in [0, 0.1) is 5.92 Å². The molecule has 1 amide bonds. The predicted molar refractivity (Wildman–Crippen MR) is 79.6 cm³/mol. The fourth-order valence-corrected chi connectivity index (χ4v) is 2.78. The van der Waals surface area contributed by atoms with E-state index in [1.807, 2.05) is 6.07 Å². The lowest BCUT2D eigenvalue weighted by Gasteiger charge is -2.20. The molecule has 1 saturated carbocycles. The molecule has 0 saturated heterocycles. The van der Waals surface area contributed by atoms with Gasteiger partial charge in [0.25, 0.3) is 0 Å². The number of nitrogens with one attached hydrogen (secondary N) is 1. The third kappa shape index (κ3) is 2.87. The predicted octanol–water partition coefficient (Wildman–Crippen LogP) is 2.94. The fraction of sp³-hybridized carbons (Fsp3) is 0.471. The molecule has 3 heteroatoms. The van der Waals surface area contributed by atoms with Gasteiger partial charge in [-0.3, -0.25) is 4.79 Å². The van der Waals surface area contributed by atoms with E-state index in [1.54, 1.807) is 7.11 Å². The molecule has 1 fully saturated rings. The fourth-order valence-electron chi connectivity index (χ4n) is 2.78. The van der Waals surface area contributed by atoms with Gasteiger partial charge in [-0.2, -0.15) is 0 Å². The van der Waals surface area contributed by atoms with E-state index in [1.165, 1.54) is 23.1 Å². The number of amides is 1. The topological polar surface area (TPSA) is 38.3 Å². The van der Waals surface area contributed by atoms with Gasteiger partial charge in [-0.25, -0.2) is 0 Å². The smallest absolute Gasteiger partial charge is 0.223 e. The van der Waals surface area contributed by atoms with Gasteiger partial charge in [0.15, 0.2) is 0 Å². The van der Waals surface area contributed by atoms with Crippen LogP contribution in [-0.4, -0.2) is 19.6 Å². The van der Waals surface area contributed by atoms with Gasteiger partial charge in [0.2, 0.25) is 5.91 Å². The summed E-state index contributed by atoms with van der Waals surface area (Å²) in [6, 6.07) is 6.30. The Labute approximate surface area is 120 Å². The van der Waals surface area contributed by atoms with Gasteiger partial charge in [-0.05, 0) is 60.9 Å². The molecule has 2 aliphatic rings. The number of hydrogen-bond donors (Lipinski definition) is 1. The van der Waals surface area contributed by atoms with Crippen LogP contribution in [0.2, 0.25) is 0 Å². The highest BCUT2D eigenvalue weighted by molar-refractivity contribution is 5.81. The summed E-state index contributed by atoms with van der Waals surface area (Å²) in [6.07, 6.45) is 7.68. The standard InChI is InChI=1S/C17H21NO2/c1-20-15-8-7-12-3-2-4-13(16(12)11-15)9-10-18-17(19)14-5-6-14/h7-9,11,14H,2-6,10H2,1H3,(H,18,19)/b13-9+. The summed E-state index contributed by atoms with van der Waals surface area (Å²) in [6.45, 7) is 0.640. The zero-order valence-electron chi connectivity index (χ0n) is 11.9. The molecule has 1 N–H and O–H groups in total. The van der Waals surface area contributed by atoms with Crippen molar-refractivity contribution < 1.29 is 9.53 Å². The molecule has 0 aromatic heterocycles. The molecular weight excluding hydrogens is 250 g/mol. The third-order valence-electron chi connectivity index (χ3n) is 4.13. The van der Waals surface area contributed by atoms with E-state index in [4.69, 9.17) is 4.74 Å². The molecule has 0 bridgehead atoms. The second-order valence-corrected chi connectivity index (χ2v) is 5.63. The van der Waals surface area contributed by atoms with E-state index < -0.39 is 0 Å². The van der Waals surface area contributed by atoms with E-state index in [-0.39, 0.29) is 11.8 Å². The summed E-state index contributed by atoms with van der Waals surface area (Å²) in [4.78, 5) is 11.6. The molecule has 1 aromatic rings. The van der Waals surface area contributed by atoms with E-state index in [2.05, 4.69) is 23.5 Å². The number of carbonyl (C=O) groups excluding carboxylic acids is 1. The maximum absolute atomic E-state index is 11.6. The molecule has 20 heavy (non-hydrogen) atoms. The van der Waals surface area contributed by atoms with Crippen molar-refractivity contribution in [2.75, 3.05) is 13.7 Å². The normalized spacial score (nSPS) is 19.6. The van der Waals surface area contributed by atoms with Crippen molar-refractivity contribution in [2.45, 2.75) is 32.1 Å². The minimum Gasteiger partial charge on any atom is -0.497 e. The maximum Gasteiger partial charge on any atom is 0.223 e. The first-order valence-electron chi connectivity index (χ1n) is 7.42. The van der Waals surface area contributed by atoms with E-state index in [0.717, 1.165) is 31.4 Å². The number of rotatable bonds is 4. The van der Waals surface area contributed by atoms with Crippen molar-refractivity contribution in [1.29, 1.82) is 0 Å². The Balaban J connectivity index is 1.72. The van der Waals surface area contributed by atoms with Crippen LogP contribution in [0.4, 0.5) is 0 Å². The average molecular weight is 271 g/mol. The molecular formula is C17H21NO2. The maximum atomic E-state index is 11.6. The van der Waals surface area contributed by atoms with Crippen LogP contribution in [-0.2, 0) is 11.2 Å². The second-order valence-electron chi connectivity index (χ2n) is 5.63. The van der Waals surface area contributed by atoms with Crippen LogP contribution >= 0.6 is 0 Å². The summed E-state index contributed by atoms with van der Waals surface area (Å²) in [5, 5.41) is 3.00. The monoisotopic (exact) mass is 271 g/mol. The molecule has 0 aliphatic heterocycles. The lowest BCUT2D eigenvalue weighted by atomic mass is 9.87. The molecule has 1 aromatic carbocycles. The SMILES string of the molecule is COc1ccc2c(c1)/C(=C/CNC(=O)C1CC1)CCC2. The Morgan fingerprint density at radius 1 is 1.40 bits per heavy atom. The van der Waals surface area contributed by atoms with Gasteiger partial charge < -0.3 is 10.1 Å². The van der Waals surface area contributed by atoms with Crippen LogP contribution in [0.5, 0.6) is 5.75 Å². The van der Waals surface area contributed by atoms with Crippen molar-refractivity contribution in [3.05, 3.63) is 35.4 Å². The minimum absolute atomic E-state index is 0.212. The zero-order valence-corrected chi connectivity index (χ0v) is 11.9. The summed E-state index contributed by atoms with van der Waals surface area (Å²) in [5.41, 5.74) is 4.01. The van der Waals surface area contributed by atoms with Crippen molar-refractivity contribution in [2.24, 2.45) is 5.92 Å². The van der Waals surface area contributed by atoms with Gasteiger partial charge in [0.1, 0.15) is 5.75 Å². The number of fused-ring (bicyclic) bond motifs is 1. The number of hydrogen-bond acceptors (Lipinski definition) is 2. The molecule has 0 spiro atoms. The van der Waals surface area contributed by atoms with Crippen LogP contribution in [0.1, 0.15) is 36.8 Å². The Bertz CT molecular complexity index is 544. The molecule has 2 aliphatic carbocycles. The average Bonchev–Trinajstić information content (AvgIpc) is 3.31. The van der Waals surface area contributed by atoms with Crippen LogP contribution in [0.25, 0.3) is 5.57 Å². The van der Waals surface area contributed by atoms with E-state index in [9.17, 15) is 4.79 Å². The molecule has 0 heterocycles. The van der Waals surface area contributed by atoms with Crippen molar-refractivity contribution >= 4 is 11.5 Å². The molecule has 3 rings (SSSR count). The van der Waals surface area contributed by atoms with Crippen LogP contribution in [0.15, 0.2) is 24.3 Å². The van der Waals surface area contributed by atoms with Gasteiger partial charge in [0.05, 0.1) is 7.11 Å². The Morgan fingerprint density at radius 3 is 3.00 bits per heavy atom. The number of carbonyl (C=O) groups is 1. The van der Waals surface area contributed by atoms with Gasteiger partial charge in [-0.15, -0.1) is 0 Å². The quantitative estimate of drug-likeness (QED) is 0.914. The van der Waals surface area contributed by atoms with E-state index >= 15 is 0 Å². The number of aryl methyl sites for hydroxylation is 1. The summed E-state index contributed by atoms with van der Waals surface area (Å²) in [5.74, 6) is 1.40. The first-order chi connectivity index (χ1) is 9.78. The zero-order chi connectivity index (χ0) is 13.9. The van der Waals surface area contributed by atoms with Crippen LogP contribution in [0.3, 0.4) is 0 Å². The summed E-state index contributed by atoms with van der Waals surface area (Å²) >= 11 is 0. The first-order valence-corrected chi connectivity index (χ1v) is 7.42. The molecule has 0 radical (unpaired) electrons. The summed E-state index contributed by atoms with van der Waals surface area (Å²) < 4.78 is 5.31. The summed E-state index contributed by atoms with van der Waals surface area (Å²) in [7, 11) is 1.70. The second kappa shape index (κ2) is 5.70. The van der Waals surface area contributed by atoms with Gasteiger partial charge in [0, 0.05) is 12.5 Å². The minimum atomic E-state index is 0.212. The number of ether oxygens (including phenoxy) is 1. The molecule has 3 nitrogen and oxygen atoms in total. The van der Waals surface area contributed by atoms with E-state index in [0.29, 0.717) is 6.54 Å². The Hall–Kier alpha value is -1.77. The van der Waals surface area contributed by atoms with Gasteiger partial charge >= 0.3 is 0 Å².